The van der Waals surface area contributed by atoms with Gasteiger partial charge in [-0.1, -0.05) is 24.3 Å². The average Bonchev–Trinajstić information content (AvgIpc) is 2.78. The lowest BCUT2D eigenvalue weighted by Crippen LogP contribution is -2.49. The molecule has 9 heteroatoms. The van der Waals surface area contributed by atoms with Crippen molar-refractivity contribution in [3.63, 3.8) is 0 Å². The lowest BCUT2D eigenvalue weighted by atomic mass is 9.73. The highest BCUT2D eigenvalue weighted by Gasteiger charge is 2.43. The van der Waals surface area contributed by atoms with Crippen molar-refractivity contribution in [2.45, 2.75) is 31.4 Å². The zero-order chi connectivity index (χ0) is 23.4. The molecule has 32 heavy (non-hydrogen) atoms. The predicted molar refractivity (Wildman–Crippen MR) is 110 cm³/mol. The van der Waals surface area contributed by atoms with Gasteiger partial charge in [-0.2, -0.15) is 13.2 Å². The highest BCUT2D eigenvalue weighted by molar-refractivity contribution is 5.94. The Labute approximate surface area is 183 Å². The topological polar surface area (TPSA) is 67.4 Å². The third-order valence-corrected chi connectivity index (χ3v) is 5.65. The molecular weight excluding hydrogens is 428 g/mol. The molecule has 1 aliphatic rings. The van der Waals surface area contributed by atoms with Gasteiger partial charge < -0.3 is 15.4 Å². The summed E-state index contributed by atoms with van der Waals surface area (Å²) in [6, 6.07) is 8.93. The molecule has 0 saturated carbocycles. The molecule has 0 radical (unpaired) electrons. The fourth-order valence-corrected chi connectivity index (χ4v) is 3.72. The molecular formula is C23H24F4N2O3. The number of carbonyl (C=O) groups excluding carboxylic acids is 2. The van der Waals surface area contributed by atoms with Gasteiger partial charge in [-0.25, -0.2) is 4.39 Å². The number of hydrogen-bond donors (Lipinski definition) is 2. The number of alkyl halides is 3. The Bertz CT molecular complexity index is 985. The van der Waals surface area contributed by atoms with Gasteiger partial charge in [-0.3, -0.25) is 9.59 Å². The van der Waals surface area contributed by atoms with Crippen molar-refractivity contribution in [1.82, 2.24) is 10.6 Å². The van der Waals surface area contributed by atoms with Crippen LogP contribution < -0.4 is 10.6 Å². The molecule has 1 aliphatic heterocycles. The quantitative estimate of drug-likeness (QED) is 0.518. The van der Waals surface area contributed by atoms with Gasteiger partial charge in [0.15, 0.2) is 0 Å². The minimum atomic E-state index is -4.52. The monoisotopic (exact) mass is 452 g/mol. The Morgan fingerprint density at radius 1 is 1.03 bits per heavy atom. The molecule has 0 atom stereocenters. The van der Waals surface area contributed by atoms with Gasteiger partial charge in [-0.15, -0.1) is 0 Å². The number of benzene rings is 2. The van der Waals surface area contributed by atoms with E-state index >= 15 is 0 Å². The second-order valence-electron chi connectivity index (χ2n) is 7.75. The molecule has 2 aromatic rings. The van der Waals surface area contributed by atoms with E-state index < -0.39 is 34.8 Å². The van der Waals surface area contributed by atoms with Crippen LogP contribution in [0.1, 0.15) is 39.9 Å². The van der Waals surface area contributed by atoms with Gasteiger partial charge in [-0.05, 0) is 49.1 Å². The maximum atomic E-state index is 13.6. The molecule has 1 saturated heterocycles. The first kappa shape index (κ1) is 23.7. The van der Waals surface area contributed by atoms with Crippen LogP contribution in [0.4, 0.5) is 17.6 Å². The normalized spacial score (nSPS) is 15.8. The zero-order valence-corrected chi connectivity index (χ0v) is 17.5. The first-order chi connectivity index (χ1) is 15.1. The third-order valence-electron chi connectivity index (χ3n) is 5.65. The standard InChI is InChI=1S/C23H24F4N2O3/c1-15-5-6-16(13-19(15)24)20(30)28-9-10-29-21(31)22(7-11-32-12-8-22)17-3-2-4-18(14-17)23(25,26)27/h2-6,13-14H,7-12H2,1H3,(H,28,30)(H,29,31). The van der Waals surface area contributed by atoms with Gasteiger partial charge >= 0.3 is 6.18 Å². The van der Waals surface area contributed by atoms with Gasteiger partial charge in [0.2, 0.25) is 5.91 Å². The molecule has 0 aromatic heterocycles. The van der Waals surface area contributed by atoms with E-state index in [4.69, 9.17) is 4.74 Å². The summed E-state index contributed by atoms with van der Waals surface area (Å²) in [7, 11) is 0. The molecule has 0 aliphatic carbocycles. The van der Waals surface area contributed by atoms with Gasteiger partial charge in [0.25, 0.3) is 5.91 Å². The van der Waals surface area contributed by atoms with Crippen molar-refractivity contribution in [2.75, 3.05) is 26.3 Å². The van der Waals surface area contributed by atoms with E-state index in [0.29, 0.717) is 5.56 Å². The first-order valence-electron chi connectivity index (χ1n) is 10.2. The molecule has 3 rings (SSSR count). The number of aryl methyl sites for hydroxylation is 1. The third kappa shape index (κ3) is 5.27. The highest BCUT2D eigenvalue weighted by atomic mass is 19.4. The summed E-state index contributed by atoms with van der Waals surface area (Å²) in [5.41, 5.74) is -1.10. The minimum Gasteiger partial charge on any atom is -0.381 e. The number of ether oxygens (including phenoxy) is 1. The van der Waals surface area contributed by atoms with Crippen LogP contribution in [0.15, 0.2) is 42.5 Å². The van der Waals surface area contributed by atoms with Crippen molar-refractivity contribution in [2.24, 2.45) is 0 Å². The largest absolute Gasteiger partial charge is 0.416 e. The number of rotatable bonds is 6. The van der Waals surface area contributed by atoms with E-state index in [2.05, 4.69) is 10.6 Å². The zero-order valence-electron chi connectivity index (χ0n) is 17.5. The van der Waals surface area contributed by atoms with Crippen molar-refractivity contribution < 1.29 is 31.9 Å². The molecule has 0 spiro atoms. The van der Waals surface area contributed by atoms with E-state index in [1.54, 1.807) is 6.92 Å². The number of amides is 2. The van der Waals surface area contributed by atoms with Crippen molar-refractivity contribution >= 4 is 11.8 Å². The highest BCUT2D eigenvalue weighted by Crippen LogP contribution is 2.38. The summed E-state index contributed by atoms with van der Waals surface area (Å²) in [5, 5.41) is 5.30. The molecule has 1 fully saturated rings. The lowest BCUT2D eigenvalue weighted by molar-refractivity contribution is -0.138. The Kier molecular flexibility index (Phi) is 7.18. The van der Waals surface area contributed by atoms with Crippen LogP contribution in [-0.4, -0.2) is 38.1 Å². The SMILES string of the molecule is Cc1ccc(C(=O)NCCNC(=O)C2(c3cccc(C(F)(F)F)c3)CCOCC2)cc1F. The van der Waals surface area contributed by atoms with Gasteiger partial charge in [0.1, 0.15) is 5.82 Å². The summed E-state index contributed by atoms with van der Waals surface area (Å²) in [5.74, 6) is -1.40. The lowest BCUT2D eigenvalue weighted by Gasteiger charge is -2.36. The van der Waals surface area contributed by atoms with E-state index in [1.165, 1.54) is 24.3 Å². The maximum Gasteiger partial charge on any atom is 0.416 e. The molecule has 5 nitrogen and oxygen atoms in total. The van der Waals surface area contributed by atoms with Crippen LogP contribution in [-0.2, 0) is 21.1 Å². The predicted octanol–water partition coefficient (Wildman–Crippen LogP) is 3.75. The molecule has 2 amide bonds. The molecule has 1 heterocycles. The van der Waals surface area contributed by atoms with Crippen molar-refractivity contribution in [1.29, 1.82) is 0 Å². The van der Waals surface area contributed by atoms with Crippen LogP contribution in [0.3, 0.4) is 0 Å². The Hall–Kier alpha value is -2.94. The molecule has 0 unspecified atom stereocenters. The Morgan fingerprint density at radius 3 is 2.38 bits per heavy atom. The first-order valence-corrected chi connectivity index (χ1v) is 10.2. The van der Waals surface area contributed by atoms with E-state index in [9.17, 15) is 27.2 Å². The van der Waals surface area contributed by atoms with E-state index in [1.807, 2.05) is 0 Å². The van der Waals surface area contributed by atoms with Crippen LogP contribution in [0.5, 0.6) is 0 Å². The van der Waals surface area contributed by atoms with Crippen molar-refractivity contribution in [3.05, 3.63) is 70.5 Å². The summed E-state index contributed by atoms with van der Waals surface area (Å²) >= 11 is 0. The summed E-state index contributed by atoms with van der Waals surface area (Å²) in [4.78, 5) is 25.2. The smallest absolute Gasteiger partial charge is 0.381 e. The number of halogens is 4. The second kappa shape index (κ2) is 9.68. The fraction of sp³-hybridized carbons (Fsp3) is 0.391. The maximum absolute atomic E-state index is 13.6. The van der Waals surface area contributed by atoms with Gasteiger partial charge in [0.05, 0.1) is 11.0 Å². The van der Waals surface area contributed by atoms with E-state index in [-0.39, 0.29) is 50.3 Å². The minimum absolute atomic E-state index is 0.0699. The Morgan fingerprint density at radius 2 is 1.72 bits per heavy atom. The van der Waals surface area contributed by atoms with Crippen LogP contribution in [0.25, 0.3) is 0 Å². The summed E-state index contributed by atoms with van der Waals surface area (Å²) < 4.78 is 58.5. The molecule has 0 bridgehead atoms. The second-order valence-corrected chi connectivity index (χ2v) is 7.75. The van der Waals surface area contributed by atoms with E-state index in [0.717, 1.165) is 18.2 Å². The molecule has 2 N–H and O–H groups in total. The van der Waals surface area contributed by atoms with Crippen molar-refractivity contribution in [3.8, 4) is 0 Å². The van der Waals surface area contributed by atoms with Gasteiger partial charge in [0, 0.05) is 31.9 Å². The number of carbonyl (C=O) groups is 2. The molecule has 172 valence electrons. The number of nitrogens with one attached hydrogen (secondary N) is 2. The fourth-order valence-electron chi connectivity index (χ4n) is 3.72. The average molecular weight is 452 g/mol. The Balaban J connectivity index is 1.65. The van der Waals surface area contributed by atoms with Crippen LogP contribution >= 0.6 is 0 Å². The molecule has 2 aromatic carbocycles. The van der Waals surface area contributed by atoms with Crippen LogP contribution in [0.2, 0.25) is 0 Å². The number of hydrogen-bond acceptors (Lipinski definition) is 3. The summed E-state index contributed by atoms with van der Waals surface area (Å²) in [6.07, 6.45) is -4.02. The summed E-state index contributed by atoms with van der Waals surface area (Å²) in [6.45, 7) is 2.23. The van der Waals surface area contributed by atoms with Crippen LogP contribution in [0, 0.1) is 12.7 Å².